The van der Waals surface area contributed by atoms with Gasteiger partial charge in [0.05, 0.1) is 22.4 Å². The lowest BCUT2D eigenvalue weighted by Gasteiger charge is -2.37. The lowest BCUT2D eigenvalue weighted by molar-refractivity contribution is -0.129. The number of carbonyl (C=O) groups excluding carboxylic acids is 2. The molecule has 0 bridgehead atoms. The molecule has 6 heteroatoms. The molecule has 1 amide bonds. The van der Waals surface area contributed by atoms with Crippen LogP contribution < -0.4 is 9.64 Å². The van der Waals surface area contributed by atoms with E-state index in [2.05, 4.69) is 4.98 Å². The second-order valence-electron chi connectivity index (χ2n) is 5.94. The van der Waals surface area contributed by atoms with Crippen LogP contribution in [0, 0.1) is 6.92 Å². The van der Waals surface area contributed by atoms with Crippen LogP contribution in [0.25, 0.3) is 11.3 Å². The van der Waals surface area contributed by atoms with Gasteiger partial charge in [0, 0.05) is 10.9 Å². The zero-order valence-corrected chi connectivity index (χ0v) is 15.0. The highest BCUT2D eigenvalue weighted by atomic mass is 32.1. The van der Waals surface area contributed by atoms with Gasteiger partial charge in [0.15, 0.2) is 11.9 Å². The number of Topliss-reactive ketones (excluding diaryl/α,β-unsaturated/α-hetero) is 1. The van der Waals surface area contributed by atoms with Crippen LogP contribution in [-0.4, -0.2) is 28.8 Å². The zero-order valence-electron chi connectivity index (χ0n) is 14.2. The number of hydrogen-bond acceptors (Lipinski definition) is 5. The summed E-state index contributed by atoms with van der Waals surface area (Å²) in [6.45, 7) is 7.11. The van der Waals surface area contributed by atoms with Gasteiger partial charge in [-0.3, -0.25) is 14.5 Å². The number of nitrogens with zero attached hydrogens (tertiary/aromatic N) is 2. The Morgan fingerprint density at radius 3 is 2.79 bits per heavy atom. The second kappa shape index (κ2) is 6.36. The third-order valence-electron chi connectivity index (χ3n) is 4.26. The van der Waals surface area contributed by atoms with Crippen LogP contribution in [0.4, 0.5) is 5.69 Å². The molecule has 0 aliphatic carbocycles. The molecule has 1 aromatic heterocycles. The average molecular weight is 344 g/mol. The van der Waals surface area contributed by atoms with Gasteiger partial charge in [-0.05, 0) is 45.4 Å². The first-order valence-corrected chi connectivity index (χ1v) is 8.87. The van der Waals surface area contributed by atoms with Crippen LogP contribution in [-0.2, 0) is 9.59 Å². The normalized spacial score (nSPS) is 18.1. The van der Waals surface area contributed by atoms with Gasteiger partial charge in [-0.1, -0.05) is 6.92 Å². The fourth-order valence-corrected chi connectivity index (χ4v) is 3.40. The largest absolute Gasteiger partial charge is 0.478 e. The van der Waals surface area contributed by atoms with Crippen LogP contribution in [0.15, 0.2) is 23.6 Å². The van der Waals surface area contributed by atoms with Crippen LogP contribution in [0.2, 0.25) is 0 Å². The summed E-state index contributed by atoms with van der Waals surface area (Å²) in [5.41, 5.74) is 2.40. The Morgan fingerprint density at radius 1 is 1.46 bits per heavy atom. The van der Waals surface area contributed by atoms with Crippen LogP contribution >= 0.6 is 11.3 Å². The maximum absolute atomic E-state index is 12.8. The van der Waals surface area contributed by atoms with E-state index in [1.54, 1.807) is 23.2 Å². The van der Waals surface area contributed by atoms with Crippen molar-refractivity contribution < 1.29 is 14.3 Å². The number of hydrogen-bond donors (Lipinski definition) is 0. The Morgan fingerprint density at radius 2 is 2.21 bits per heavy atom. The number of aromatic nitrogens is 1. The molecule has 1 aliphatic rings. The molecule has 2 atom stereocenters. The smallest absolute Gasteiger partial charge is 0.268 e. The number of anilines is 1. The van der Waals surface area contributed by atoms with E-state index in [1.807, 2.05) is 37.4 Å². The molecule has 0 N–H and O–H groups in total. The maximum Gasteiger partial charge on any atom is 0.268 e. The Balaban J connectivity index is 2.11. The van der Waals surface area contributed by atoms with E-state index in [0.717, 1.165) is 16.3 Å². The number of rotatable bonds is 4. The third kappa shape index (κ3) is 2.82. The molecule has 0 fully saturated rings. The summed E-state index contributed by atoms with van der Waals surface area (Å²) in [7, 11) is 0. The standard InChI is InChI=1S/C18H20N2O3S/c1-5-16-18(22)20(10(2)11(3)21)15-8-13(6-7-17(15)23-16)14-9-24-12(4)19-14/h6-10,16H,5H2,1-4H3. The minimum atomic E-state index is -0.549. The summed E-state index contributed by atoms with van der Waals surface area (Å²) in [5, 5.41) is 2.96. The molecule has 0 saturated heterocycles. The van der Waals surface area contributed by atoms with Gasteiger partial charge >= 0.3 is 0 Å². The molecule has 2 unspecified atom stereocenters. The Kier molecular flexibility index (Phi) is 4.41. The lowest BCUT2D eigenvalue weighted by atomic mass is 10.0. The SMILES string of the molecule is CCC1Oc2ccc(-c3csc(C)n3)cc2N(C(C)C(C)=O)C1=O. The summed E-state index contributed by atoms with van der Waals surface area (Å²) >= 11 is 1.58. The Hall–Kier alpha value is -2.21. The predicted octanol–water partition coefficient (Wildman–Crippen LogP) is 3.60. The molecule has 5 nitrogen and oxygen atoms in total. The van der Waals surface area contributed by atoms with Crippen molar-refractivity contribution >= 4 is 28.7 Å². The quantitative estimate of drug-likeness (QED) is 0.850. The average Bonchev–Trinajstić information content (AvgIpc) is 2.99. The zero-order chi connectivity index (χ0) is 17.4. The van der Waals surface area contributed by atoms with Crippen LogP contribution in [0.3, 0.4) is 0 Å². The van der Waals surface area contributed by atoms with E-state index in [4.69, 9.17) is 4.74 Å². The highest BCUT2D eigenvalue weighted by molar-refractivity contribution is 7.09. The monoisotopic (exact) mass is 344 g/mol. The summed E-state index contributed by atoms with van der Waals surface area (Å²) in [6, 6.07) is 5.15. The first kappa shape index (κ1) is 16.6. The molecular weight excluding hydrogens is 324 g/mol. The second-order valence-corrected chi connectivity index (χ2v) is 7.01. The number of ketones is 1. The molecule has 0 spiro atoms. The number of ether oxygens (including phenoxy) is 1. The summed E-state index contributed by atoms with van der Waals surface area (Å²) in [4.78, 5) is 30.7. The first-order chi connectivity index (χ1) is 11.4. The van der Waals surface area contributed by atoms with Crippen molar-refractivity contribution in [1.29, 1.82) is 0 Å². The summed E-state index contributed by atoms with van der Waals surface area (Å²) < 4.78 is 5.83. The number of aryl methyl sites for hydroxylation is 1. The molecule has 1 aromatic carbocycles. The molecular formula is C18H20N2O3S. The highest BCUT2D eigenvalue weighted by Gasteiger charge is 2.37. The van der Waals surface area contributed by atoms with Crippen molar-refractivity contribution in [2.75, 3.05) is 4.90 Å². The Bertz CT molecular complexity index is 799. The van der Waals surface area contributed by atoms with Crippen molar-refractivity contribution in [3.63, 3.8) is 0 Å². The van der Waals surface area contributed by atoms with E-state index in [9.17, 15) is 9.59 Å². The van der Waals surface area contributed by atoms with Crippen molar-refractivity contribution in [3.8, 4) is 17.0 Å². The van der Waals surface area contributed by atoms with Gasteiger partial charge in [0.25, 0.3) is 5.91 Å². The van der Waals surface area contributed by atoms with Crippen molar-refractivity contribution in [1.82, 2.24) is 4.98 Å². The number of amides is 1. The topological polar surface area (TPSA) is 59.5 Å². The molecule has 0 radical (unpaired) electrons. The van der Waals surface area contributed by atoms with Gasteiger partial charge in [0.2, 0.25) is 0 Å². The van der Waals surface area contributed by atoms with E-state index < -0.39 is 12.1 Å². The maximum atomic E-state index is 12.8. The molecule has 2 heterocycles. The van der Waals surface area contributed by atoms with E-state index in [-0.39, 0.29) is 11.7 Å². The van der Waals surface area contributed by atoms with E-state index in [1.165, 1.54) is 6.92 Å². The van der Waals surface area contributed by atoms with Crippen LogP contribution in [0.1, 0.15) is 32.2 Å². The van der Waals surface area contributed by atoms with Gasteiger partial charge in [-0.15, -0.1) is 11.3 Å². The first-order valence-electron chi connectivity index (χ1n) is 7.99. The van der Waals surface area contributed by atoms with E-state index >= 15 is 0 Å². The van der Waals surface area contributed by atoms with Crippen molar-refractivity contribution in [2.45, 2.75) is 46.3 Å². The van der Waals surface area contributed by atoms with Gasteiger partial charge in [-0.2, -0.15) is 0 Å². The molecule has 2 aromatic rings. The fourth-order valence-electron chi connectivity index (χ4n) is 2.78. The molecule has 126 valence electrons. The fraction of sp³-hybridized carbons (Fsp3) is 0.389. The number of benzene rings is 1. The molecule has 0 saturated carbocycles. The number of fused-ring (bicyclic) bond motifs is 1. The predicted molar refractivity (Wildman–Crippen MR) is 94.6 cm³/mol. The minimum absolute atomic E-state index is 0.0547. The van der Waals surface area contributed by atoms with Crippen molar-refractivity contribution in [3.05, 3.63) is 28.6 Å². The van der Waals surface area contributed by atoms with Gasteiger partial charge < -0.3 is 4.74 Å². The van der Waals surface area contributed by atoms with Crippen LogP contribution in [0.5, 0.6) is 5.75 Å². The van der Waals surface area contributed by atoms with E-state index in [0.29, 0.717) is 17.9 Å². The van der Waals surface area contributed by atoms with Gasteiger partial charge in [0.1, 0.15) is 5.75 Å². The molecule has 1 aliphatic heterocycles. The summed E-state index contributed by atoms with van der Waals surface area (Å²) in [5.74, 6) is 0.408. The minimum Gasteiger partial charge on any atom is -0.478 e. The van der Waals surface area contributed by atoms with Crippen molar-refractivity contribution in [2.24, 2.45) is 0 Å². The lowest BCUT2D eigenvalue weighted by Crippen LogP contribution is -2.51. The molecule has 24 heavy (non-hydrogen) atoms. The Labute approximate surface area is 145 Å². The number of carbonyl (C=O) groups is 2. The number of thiazole rings is 1. The van der Waals surface area contributed by atoms with Gasteiger partial charge in [-0.25, -0.2) is 4.98 Å². The third-order valence-corrected chi connectivity index (χ3v) is 5.04. The molecule has 3 rings (SSSR count). The highest BCUT2D eigenvalue weighted by Crippen LogP contribution is 2.39. The summed E-state index contributed by atoms with van der Waals surface area (Å²) in [6.07, 6.45) is 0.0126.